The Morgan fingerprint density at radius 2 is 2.05 bits per heavy atom. The van der Waals surface area contributed by atoms with Gasteiger partial charge in [-0.25, -0.2) is 0 Å². The highest BCUT2D eigenvalue weighted by molar-refractivity contribution is 5.28. The Labute approximate surface area is 115 Å². The Morgan fingerprint density at radius 3 is 2.68 bits per heavy atom. The molecule has 1 unspecified atom stereocenters. The molecule has 108 valence electrons. The quantitative estimate of drug-likeness (QED) is 0.781. The van der Waals surface area contributed by atoms with Crippen molar-refractivity contribution in [3.05, 3.63) is 29.8 Å². The van der Waals surface area contributed by atoms with Crippen molar-refractivity contribution >= 4 is 0 Å². The fraction of sp³-hybridized carbons (Fsp3) is 0.600. The zero-order valence-corrected chi connectivity index (χ0v) is 12.3. The lowest BCUT2D eigenvalue weighted by molar-refractivity contribution is 0.0419. The molecule has 0 radical (unpaired) electrons. The van der Waals surface area contributed by atoms with Crippen molar-refractivity contribution in [1.29, 1.82) is 0 Å². The van der Waals surface area contributed by atoms with Crippen molar-refractivity contribution < 1.29 is 14.6 Å². The molecular weight excluding hydrogens is 242 g/mol. The van der Waals surface area contributed by atoms with Gasteiger partial charge in [0.1, 0.15) is 5.75 Å². The normalized spacial score (nSPS) is 13.0. The van der Waals surface area contributed by atoms with Crippen molar-refractivity contribution in [2.75, 3.05) is 27.3 Å². The number of aliphatic hydroxyl groups excluding tert-OH is 1. The maximum atomic E-state index is 9.68. The molecule has 0 saturated heterocycles. The van der Waals surface area contributed by atoms with E-state index in [-0.39, 0.29) is 6.10 Å². The maximum Gasteiger partial charge on any atom is 0.120 e. The van der Waals surface area contributed by atoms with Crippen LogP contribution in [0.4, 0.5) is 0 Å². The molecule has 0 fully saturated rings. The smallest absolute Gasteiger partial charge is 0.120 e. The summed E-state index contributed by atoms with van der Waals surface area (Å²) in [6, 6.07) is 8.06. The van der Waals surface area contributed by atoms with Crippen molar-refractivity contribution in [3.8, 4) is 5.75 Å². The van der Waals surface area contributed by atoms with Crippen LogP contribution in [0.5, 0.6) is 5.75 Å². The molecule has 4 heteroatoms. The van der Waals surface area contributed by atoms with E-state index in [1.165, 1.54) is 5.56 Å². The first-order chi connectivity index (χ1) is 9.01. The molecule has 0 aliphatic carbocycles. The molecule has 19 heavy (non-hydrogen) atoms. The minimum Gasteiger partial charge on any atom is -0.491 e. The Kier molecular flexibility index (Phi) is 6.84. The minimum atomic E-state index is -0.454. The van der Waals surface area contributed by atoms with Gasteiger partial charge in [-0.1, -0.05) is 12.1 Å². The summed E-state index contributed by atoms with van der Waals surface area (Å²) in [6.07, 6.45) is -0.276. The molecule has 1 aromatic rings. The van der Waals surface area contributed by atoms with E-state index in [2.05, 4.69) is 11.0 Å². The molecule has 4 nitrogen and oxygen atoms in total. The third-order valence-electron chi connectivity index (χ3n) is 2.60. The van der Waals surface area contributed by atoms with Crippen molar-refractivity contribution in [2.24, 2.45) is 0 Å². The fourth-order valence-electron chi connectivity index (χ4n) is 1.97. The third-order valence-corrected chi connectivity index (χ3v) is 2.60. The molecule has 1 rings (SSSR count). The zero-order chi connectivity index (χ0) is 14.3. The van der Waals surface area contributed by atoms with E-state index in [1.807, 2.05) is 39.1 Å². The molecule has 0 amide bonds. The van der Waals surface area contributed by atoms with Gasteiger partial charge in [-0.2, -0.15) is 0 Å². The molecule has 1 atom stereocenters. The summed E-state index contributed by atoms with van der Waals surface area (Å²) in [5.41, 5.74) is 1.17. The summed E-state index contributed by atoms with van der Waals surface area (Å²) in [7, 11) is 3.57. The minimum absolute atomic E-state index is 0.177. The standard InChI is InChI=1S/C15H25NO3/c1-12(2)19-15-7-5-6-13(8-15)9-16(3)10-14(17)11-18-4/h5-8,12,14,17H,9-11H2,1-4H3. The van der Waals surface area contributed by atoms with Crippen LogP contribution in [0.15, 0.2) is 24.3 Å². The van der Waals surface area contributed by atoms with Gasteiger partial charge in [-0.15, -0.1) is 0 Å². The van der Waals surface area contributed by atoms with E-state index in [1.54, 1.807) is 7.11 Å². The molecule has 0 saturated carbocycles. The van der Waals surface area contributed by atoms with E-state index < -0.39 is 6.10 Å². The van der Waals surface area contributed by atoms with Crippen LogP contribution in [0.2, 0.25) is 0 Å². The second kappa shape index (κ2) is 8.15. The number of hydrogen-bond acceptors (Lipinski definition) is 4. The van der Waals surface area contributed by atoms with Crippen LogP contribution in [0.3, 0.4) is 0 Å². The summed E-state index contributed by atoms with van der Waals surface area (Å²) in [5.74, 6) is 0.887. The molecule has 1 aromatic carbocycles. The Morgan fingerprint density at radius 1 is 1.32 bits per heavy atom. The predicted molar refractivity (Wildman–Crippen MR) is 76.4 cm³/mol. The van der Waals surface area contributed by atoms with E-state index in [9.17, 15) is 5.11 Å². The molecule has 0 heterocycles. The van der Waals surface area contributed by atoms with Gasteiger partial charge < -0.3 is 14.6 Å². The Bertz CT molecular complexity index is 368. The van der Waals surface area contributed by atoms with Gasteiger partial charge in [0.15, 0.2) is 0 Å². The topological polar surface area (TPSA) is 41.9 Å². The van der Waals surface area contributed by atoms with Crippen LogP contribution >= 0.6 is 0 Å². The monoisotopic (exact) mass is 267 g/mol. The van der Waals surface area contributed by atoms with Gasteiger partial charge >= 0.3 is 0 Å². The molecule has 0 aliphatic heterocycles. The number of ether oxygens (including phenoxy) is 2. The first-order valence-corrected chi connectivity index (χ1v) is 6.62. The van der Waals surface area contributed by atoms with E-state index >= 15 is 0 Å². The Hall–Kier alpha value is -1.10. The number of likely N-dealkylation sites (N-methyl/N-ethyl adjacent to an activating group) is 1. The van der Waals surface area contributed by atoms with Gasteiger partial charge in [-0.3, -0.25) is 4.90 Å². The lowest BCUT2D eigenvalue weighted by Gasteiger charge is -2.20. The largest absolute Gasteiger partial charge is 0.491 e. The number of nitrogens with zero attached hydrogens (tertiary/aromatic N) is 1. The van der Waals surface area contributed by atoms with E-state index in [4.69, 9.17) is 9.47 Å². The number of aliphatic hydroxyl groups is 1. The first kappa shape index (κ1) is 16.0. The van der Waals surface area contributed by atoms with Crippen LogP contribution in [0.25, 0.3) is 0 Å². The SMILES string of the molecule is COCC(O)CN(C)Cc1cccc(OC(C)C)c1. The van der Waals surface area contributed by atoms with E-state index in [0.29, 0.717) is 13.2 Å². The van der Waals surface area contributed by atoms with Gasteiger partial charge in [0, 0.05) is 20.2 Å². The lowest BCUT2D eigenvalue weighted by Crippen LogP contribution is -2.31. The van der Waals surface area contributed by atoms with Crippen molar-refractivity contribution in [2.45, 2.75) is 32.6 Å². The van der Waals surface area contributed by atoms with Gasteiger partial charge in [0.25, 0.3) is 0 Å². The first-order valence-electron chi connectivity index (χ1n) is 6.62. The van der Waals surface area contributed by atoms with Crippen LogP contribution in [-0.2, 0) is 11.3 Å². The molecule has 0 spiro atoms. The number of rotatable bonds is 8. The van der Waals surface area contributed by atoms with Crippen molar-refractivity contribution in [1.82, 2.24) is 4.90 Å². The van der Waals surface area contributed by atoms with Crippen LogP contribution in [0, 0.1) is 0 Å². The van der Waals surface area contributed by atoms with Gasteiger partial charge in [0.05, 0.1) is 18.8 Å². The third kappa shape index (κ3) is 6.57. The lowest BCUT2D eigenvalue weighted by atomic mass is 10.2. The average Bonchev–Trinajstić information content (AvgIpc) is 2.28. The second-order valence-corrected chi connectivity index (χ2v) is 5.12. The van der Waals surface area contributed by atoms with Crippen LogP contribution in [0.1, 0.15) is 19.4 Å². The summed E-state index contributed by atoms with van der Waals surface area (Å²) < 4.78 is 10.6. The number of hydrogen-bond donors (Lipinski definition) is 1. The molecule has 0 bridgehead atoms. The maximum absolute atomic E-state index is 9.68. The average molecular weight is 267 g/mol. The zero-order valence-electron chi connectivity index (χ0n) is 12.3. The summed E-state index contributed by atoms with van der Waals surface area (Å²) >= 11 is 0. The van der Waals surface area contributed by atoms with E-state index in [0.717, 1.165) is 12.3 Å². The summed E-state index contributed by atoms with van der Waals surface area (Å²) in [4.78, 5) is 2.07. The fourth-order valence-corrected chi connectivity index (χ4v) is 1.97. The molecule has 0 aromatic heterocycles. The van der Waals surface area contributed by atoms with Gasteiger partial charge in [-0.05, 0) is 38.6 Å². The summed E-state index contributed by atoms with van der Waals surface area (Å²) in [5, 5.41) is 9.68. The second-order valence-electron chi connectivity index (χ2n) is 5.12. The molecular formula is C15H25NO3. The highest BCUT2D eigenvalue weighted by Crippen LogP contribution is 2.16. The summed E-state index contributed by atoms with van der Waals surface area (Å²) in [6.45, 7) is 5.75. The van der Waals surface area contributed by atoms with Gasteiger partial charge in [0.2, 0.25) is 0 Å². The molecule has 1 N–H and O–H groups in total. The Balaban J connectivity index is 2.51. The van der Waals surface area contributed by atoms with Crippen LogP contribution < -0.4 is 4.74 Å². The number of methoxy groups -OCH3 is 1. The van der Waals surface area contributed by atoms with Crippen molar-refractivity contribution in [3.63, 3.8) is 0 Å². The highest BCUT2D eigenvalue weighted by Gasteiger charge is 2.08. The number of benzene rings is 1. The highest BCUT2D eigenvalue weighted by atomic mass is 16.5. The predicted octanol–water partition coefficient (Wildman–Crippen LogP) is 1.91. The molecule has 0 aliphatic rings. The van der Waals surface area contributed by atoms with Crippen LogP contribution in [-0.4, -0.2) is 49.5 Å².